The van der Waals surface area contributed by atoms with Gasteiger partial charge >= 0.3 is 17.9 Å². The maximum absolute atomic E-state index is 12.8. The number of carbonyl (C=O) groups is 4. The van der Waals surface area contributed by atoms with Crippen LogP contribution in [-0.2, 0) is 23.9 Å². The lowest BCUT2D eigenvalue weighted by atomic mass is 9.95. The first-order valence-electron chi connectivity index (χ1n) is 9.08. The van der Waals surface area contributed by atoms with Crippen LogP contribution in [0.2, 0.25) is 0 Å². The fourth-order valence-electron chi connectivity index (χ4n) is 2.83. The highest BCUT2D eigenvalue weighted by molar-refractivity contribution is 6.07. The maximum Gasteiger partial charge on any atom is 0.327 e. The van der Waals surface area contributed by atoms with Gasteiger partial charge in [-0.1, -0.05) is 18.2 Å². The Morgan fingerprint density at radius 1 is 1.07 bits per heavy atom. The molecule has 0 unspecified atom stereocenters. The standard InChI is InChI=1S/C20H22N2O7/c1-3-28-16(23)11-14(20(27)29-4-2)17(19(25)26)22-18(24)13-9-10-21-15-8-6-5-7-12(13)15/h5-10,14,17H,3-4,11H2,1-2H3,(H,22,24)(H,25,26)/t14-,17+/m0/s1. The van der Waals surface area contributed by atoms with Crippen molar-refractivity contribution in [3.05, 3.63) is 42.1 Å². The van der Waals surface area contributed by atoms with Crippen LogP contribution in [0.1, 0.15) is 30.6 Å². The number of aromatic nitrogens is 1. The van der Waals surface area contributed by atoms with Gasteiger partial charge in [0, 0.05) is 11.6 Å². The van der Waals surface area contributed by atoms with E-state index in [9.17, 15) is 24.3 Å². The van der Waals surface area contributed by atoms with Crippen LogP contribution in [0.25, 0.3) is 10.9 Å². The third-order valence-corrected chi connectivity index (χ3v) is 4.13. The molecule has 2 rings (SSSR count). The zero-order valence-electron chi connectivity index (χ0n) is 16.1. The number of hydrogen-bond acceptors (Lipinski definition) is 7. The third kappa shape index (κ3) is 5.50. The predicted molar refractivity (Wildman–Crippen MR) is 102 cm³/mol. The van der Waals surface area contributed by atoms with Gasteiger partial charge in [-0.3, -0.25) is 19.4 Å². The Morgan fingerprint density at radius 2 is 1.76 bits per heavy atom. The Morgan fingerprint density at radius 3 is 2.41 bits per heavy atom. The van der Waals surface area contributed by atoms with Crippen LogP contribution in [0, 0.1) is 5.92 Å². The number of aliphatic carboxylic acids is 1. The van der Waals surface area contributed by atoms with Gasteiger partial charge in [0.25, 0.3) is 5.91 Å². The minimum Gasteiger partial charge on any atom is -0.480 e. The number of carboxylic acids is 1. The van der Waals surface area contributed by atoms with Crippen molar-refractivity contribution in [1.82, 2.24) is 10.3 Å². The Bertz CT molecular complexity index is 907. The minimum absolute atomic E-state index is 0.00651. The Kier molecular flexibility index (Phi) is 7.64. The van der Waals surface area contributed by atoms with E-state index in [1.54, 1.807) is 38.1 Å². The lowest BCUT2D eigenvalue weighted by Gasteiger charge is -2.23. The predicted octanol–water partition coefficient (Wildman–Crippen LogP) is 1.55. The first-order chi connectivity index (χ1) is 13.9. The number of rotatable bonds is 9. The number of nitrogens with zero attached hydrogens (tertiary/aromatic N) is 1. The number of carboxylic acid groups (broad SMARTS) is 1. The highest BCUT2D eigenvalue weighted by Crippen LogP contribution is 2.18. The number of ether oxygens (including phenoxy) is 2. The summed E-state index contributed by atoms with van der Waals surface area (Å²) in [5.74, 6) is -5.30. The molecule has 0 aliphatic carbocycles. The largest absolute Gasteiger partial charge is 0.480 e. The van der Waals surface area contributed by atoms with Gasteiger partial charge in [-0.05, 0) is 26.0 Å². The lowest BCUT2D eigenvalue weighted by molar-refractivity contribution is -0.159. The second-order valence-corrected chi connectivity index (χ2v) is 6.03. The zero-order chi connectivity index (χ0) is 21.4. The molecule has 1 amide bonds. The molecule has 0 aliphatic rings. The van der Waals surface area contributed by atoms with Crippen LogP contribution >= 0.6 is 0 Å². The molecule has 2 atom stereocenters. The van der Waals surface area contributed by atoms with Crippen molar-refractivity contribution in [3.8, 4) is 0 Å². The van der Waals surface area contributed by atoms with Crippen LogP contribution in [-0.4, -0.2) is 53.2 Å². The van der Waals surface area contributed by atoms with Crippen LogP contribution in [0.4, 0.5) is 0 Å². The summed E-state index contributed by atoms with van der Waals surface area (Å²) in [5.41, 5.74) is 0.751. The van der Waals surface area contributed by atoms with Crippen molar-refractivity contribution >= 4 is 34.7 Å². The molecular weight excluding hydrogens is 380 g/mol. The minimum atomic E-state index is -1.68. The van der Waals surface area contributed by atoms with Gasteiger partial charge in [-0.25, -0.2) is 4.79 Å². The average Bonchev–Trinajstić information content (AvgIpc) is 2.70. The van der Waals surface area contributed by atoms with Crippen LogP contribution in [0.15, 0.2) is 36.5 Å². The van der Waals surface area contributed by atoms with Gasteiger partial charge in [0.2, 0.25) is 0 Å². The SMILES string of the molecule is CCOC(=O)C[C@H](C(=O)OCC)[C@@H](NC(=O)c1ccnc2ccccc12)C(=O)O. The zero-order valence-corrected chi connectivity index (χ0v) is 16.1. The summed E-state index contributed by atoms with van der Waals surface area (Å²) in [4.78, 5) is 53.0. The number of hydrogen-bond donors (Lipinski definition) is 2. The lowest BCUT2D eigenvalue weighted by Crippen LogP contribution is -2.49. The number of nitrogens with one attached hydrogen (secondary N) is 1. The van der Waals surface area contributed by atoms with Gasteiger partial charge in [-0.15, -0.1) is 0 Å². The molecule has 0 radical (unpaired) electrons. The fraction of sp³-hybridized carbons (Fsp3) is 0.350. The number of amides is 1. The van der Waals surface area contributed by atoms with Gasteiger partial charge in [-0.2, -0.15) is 0 Å². The molecular formula is C20H22N2O7. The summed E-state index contributed by atoms with van der Waals surface area (Å²) < 4.78 is 9.72. The number of fused-ring (bicyclic) bond motifs is 1. The molecule has 2 N–H and O–H groups in total. The molecule has 1 aromatic carbocycles. The summed E-state index contributed by atoms with van der Waals surface area (Å²) in [6.45, 7) is 3.20. The van der Waals surface area contributed by atoms with Crippen molar-refractivity contribution in [2.24, 2.45) is 5.92 Å². The summed E-state index contributed by atoms with van der Waals surface area (Å²) in [6.07, 6.45) is 0.884. The van der Waals surface area contributed by atoms with E-state index in [4.69, 9.17) is 9.47 Å². The molecule has 0 spiro atoms. The van der Waals surface area contributed by atoms with E-state index < -0.39 is 42.2 Å². The molecule has 0 aliphatic heterocycles. The third-order valence-electron chi connectivity index (χ3n) is 4.13. The van der Waals surface area contributed by atoms with E-state index in [-0.39, 0.29) is 18.8 Å². The average molecular weight is 402 g/mol. The monoisotopic (exact) mass is 402 g/mol. The second kappa shape index (κ2) is 10.2. The van der Waals surface area contributed by atoms with Gasteiger partial charge in [0.1, 0.15) is 6.04 Å². The molecule has 0 fully saturated rings. The van der Waals surface area contributed by atoms with Crippen LogP contribution in [0.3, 0.4) is 0 Å². The fourth-order valence-corrected chi connectivity index (χ4v) is 2.83. The molecule has 154 valence electrons. The van der Waals surface area contributed by atoms with E-state index in [1.807, 2.05) is 0 Å². The molecule has 2 aromatic rings. The van der Waals surface area contributed by atoms with E-state index >= 15 is 0 Å². The van der Waals surface area contributed by atoms with Crippen LogP contribution in [0.5, 0.6) is 0 Å². The number of pyridine rings is 1. The number of carbonyl (C=O) groups excluding carboxylic acids is 3. The molecule has 1 heterocycles. The van der Waals surface area contributed by atoms with E-state index in [0.29, 0.717) is 10.9 Å². The van der Waals surface area contributed by atoms with E-state index in [1.165, 1.54) is 12.3 Å². The van der Waals surface area contributed by atoms with E-state index in [0.717, 1.165) is 0 Å². The number of esters is 2. The highest BCUT2D eigenvalue weighted by atomic mass is 16.5. The van der Waals surface area contributed by atoms with Crippen molar-refractivity contribution in [2.75, 3.05) is 13.2 Å². The van der Waals surface area contributed by atoms with Crippen molar-refractivity contribution in [2.45, 2.75) is 26.3 Å². The van der Waals surface area contributed by atoms with Gasteiger partial charge < -0.3 is 19.9 Å². The highest BCUT2D eigenvalue weighted by Gasteiger charge is 2.38. The summed E-state index contributed by atoms with van der Waals surface area (Å²) >= 11 is 0. The van der Waals surface area contributed by atoms with Gasteiger partial charge in [0.15, 0.2) is 0 Å². The molecule has 9 heteroatoms. The first kappa shape index (κ1) is 21.8. The summed E-state index contributed by atoms with van der Waals surface area (Å²) in [7, 11) is 0. The van der Waals surface area contributed by atoms with Crippen molar-refractivity contribution in [1.29, 1.82) is 0 Å². The van der Waals surface area contributed by atoms with Crippen LogP contribution < -0.4 is 5.32 Å². The molecule has 1 aromatic heterocycles. The number of para-hydroxylation sites is 1. The molecule has 9 nitrogen and oxygen atoms in total. The normalized spacial score (nSPS) is 12.6. The molecule has 29 heavy (non-hydrogen) atoms. The van der Waals surface area contributed by atoms with E-state index in [2.05, 4.69) is 10.3 Å². The Hall–Kier alpha value is -3.49. The van der Waals surface area contributed by atoms with Gasteiger partial charge in [0.05, 0.1) is 36.6 Å². The topological polar surface area (TPSA) is 132 Å². The smallest absolute Gasteiger partial charge is 0.327 e. The first-order valence-corrected chi connectivity index (χ1v) is 9.08. The maximum atomic E-state index is 12.8. The van der Waals surface area contributed by atoms with Crippen molar-refractivity contribution in [3.63, 3.8) is 0 Å². The molecule has 0 saturated heterocycles. The Balaban J connectivity index is 2.33. The summed E-state index contributed by atoms with van der Waals surface area (Å²) in [5, 5.41) is 12.5. The Labute approximate surface area is 167 Å². The molecule has 0 bridgehead atoms. The second-order valence-electron chi connectivity index (χ2n) is 6.03. The summed E-state index contributed by atoms with van der Waals surface area (Å²) in [6, 6.07) is 6.63. The number of benzene rings is 1. The molecule has 0 saturated carbocycles. The quantitative estimate of drug-likeness (QED) is 0.604. The van der Waals surface area contributed by atoms with Crippen molar-refractivity contribution < 1.29 is 33.8 Å².